The molecule has 4 nitrogen and oxygen atoms in total. The molecular formula is C5H12N2O2. The monoisotopic (exact) mass is 132 g/mol. The zero-order valence-electron chi connectivity index (χ0n) is 5.59. The Balaban J connectivity index is 0.000000187. The molecule has 0 saturated carbocycles. The summed E-state index contributed by atoms with van der Waals surface area (Å²) in [6.07, 6.45) is 0. The molecule has 0 aromatic heterocycles. The van der Waals surface area contributed by atoms with Gasteiger partial charge in [0.2, 0.25) is 0 Å². The van der Waals surface area contributed by atoms with Gasteiger partial charge in [-0.15, -0.1) is 0 Å². The molecule has 1 fully saturated rings. The molecule has 0 aromatic carbocycles. The highest BCUT2D eigenvalue weighted by Crippen LogP contribution is 1.76. The van der Waals surface area contributed by atoms with Crippen LogP contribution in [0.25, 0.3) is 0 Å². The van der Waals surface area contributed by atoms with Crippen molar-refractivity contribution in [2.75, 3.05) is 33.4 Å². The first-order valence-corrected chi connectivity index (χ1v) is 2.91. The van der Waals surface area contributed by atoms with Crippen molar-refractivity contribution < 1.29 is 4.74 Å². The Morgan fingerprint density at radius 3 is 2.00 bits per heavy atom. The van der Waals surface area contributed by atoms with Crippen LogP contribution < -0.4 is 5.32 Å². The first kappa shape index (κ1) is 8.52. The van der Waals surface area contributed by atoms with E-state index in [0.29, 0.717) is 0 Å². The molecule has 0 aliphatic carbocycles. The topological polar surface area (TPSA) is 50.7 Å². The van der Waals surface area contributed by atoms with E-state index in [0.717, 1.165) is 26.3 Å². The Labute approximate surface area is 54.6 Å². The second-order valence-electron chi connectivity index (χ2n) is 1.54. The Morgan fingerprint density at radius 1 is 1.44 bits per heavy atom. The van der Waals surface area contributed by atoms with Crippen LogP contribution in [0, 0.1) is 4.91 Å². The van der Waals surface area contributed by atoms with E-state index in [2.05, 4.69) is 10.5 Å². The van der Waals surface area contributed by atoms with E-state index in [4.69, 9.17) is 9.64 Å². The van der Waals surface area contributed by atoms with Crippen molar-refractivity contribution in [1.82, 2.24) is 5.32 Å². The predicted octanol–water partition coefficient (Wildman–Crippen LogP) is -0.0112. The van der Waals surface area contributed by atoms with E-state index in [1.54, 1.807) is 0 Å². The molecule has 1 N–H and O–H groups in total. The minimum atomic E-state index is 0.889. The van der Waals surface area contributed by atoms with Crippen LogP contribution in [0.1, 0.15) is 0 Å². The molecule has 9 heavy (non-hydrogen) atoms. The smallest absolute Gasteiger partial charge is 0.0700 e. The fraction of sp³-hybridized carbons (Fsp3) is 1.00. The fourth-order valence-electron chi connectivity index (χ4n) is 0.516. The number of morpholine rings is 1. The highest BCUT2D eigenvalue weighted by molar-refractivity contribution is 4.49. The molecular weight excluding hydrogens is 120 g/mol. The molecule has 0 atom stereocenters. The molecule has 0 radical (unpaired) electrons. The molecule has 0 spiro atoms. The lowest BCUT2D eigenvalue weighted by Crippen LogP contribution is -2.30. The third-order valence-corrected chi connectivity index (χ3v) is 0.846. The summed E-state index contributed by atoms with van der Waals surface area (Å²) in [5, 5.41) is 5.41. The molecule has 1 aliphatic rings. The number of nitrogens with zero attached hydrogens (tertiary/aromatic N) is 1. The van der Waals surface area contributed by atoms with Crippen molar-refractivity contribution in [2.24, 2.45) is 5.18 Å². The molecule has 0 bridgehead atoms. The zero-order valence-corrected chi connectivity index (χ0v) is 5.59. The Kier molecular flexibility index (Phi) is 7.12. The van der Waals surface area contributed by atoms with Gasteiger partial charge in [-0.3, -0.25) is 0 Å². The number of hydrogen-bond donors (Lipinski definition) is 1. The van der Waals surface area contributed by atoms with Crippen molar-refractivity contribution in [3.63, 3.8) is 0 Å². The van der Waals surface area contributed by atoms with Gasteiger partial charge in [0.25, 0.3) is 0 Å². The highest BCUT2D eigenvalue weighted by Gasteiger charge is 1.92. The van der Waals surface area contributed by atoms with Crippen LogP contribution in [0.15, 0.2) is 5.18 Å². The SMILES string of the molecule is C1COCCN1.CN=O. The average molecular weight is 132 g/mol. The van der Waals surface area contributed by atoms with Gasteiger partial charge in [0.1, 0.15) is 0 Å². The lowest BCUT2D eigenvalue weighted by atomic mass is 10.5. The number of ether oxygens (including phenoxy) is 1. The van der Waals surface area contributed by atoms with Crippen LogP contribution in [0.4, 0.5) is 0 Å². The van der Waals surface area contributed by atoms with E-state index in [1.807, 2.05) is 0 Å². The standard InChI is InChI=1S/C4H9NO.CH3NO/c1-3-6-4-2-5-1;1-2-3/h5H,1-4H2;1H3. The molecule has 1 aliphatic heterocycles. The number of rotatable bonds is 0. The van der Waals surface area contributed by atoms with E-state index in [1.165, 1.54) is 7.05 Å². The van der Waals surface area contributed by atoms with Gasteiger partial charge in [-0.2, -0.15) is 4.91 Å². The van der Waals surface area contributed by atoms with Crippen molar-refractivity contribution in [3.05, 3.63) is 4.91 Å². The maximum Gasteiger partial charge on any atom is 0.0700 e. The number of nitroso groups, excluding NO2 is 1. The highest BCUT2D eigenvalue weighted by atomic mass is 16.5. The van der Waals surface area contributed by atoms with Crippen LogP contribution in [0.5, 0.6) is 0 Å². The Hall–Kier alpha value is -0.480. The van der Waals surface area contributed by atoms with Crippen molar-refractivity contribution in [1.29, 1.82) is 0 Å². The third-order valence-electron chi connectivity index (χ3n) is 0.846. The predicted molar refractivity (Wildman–Crippen MR) is 35.4 cm³/mol. The van der Waals surface area contributed by atoms with Gasteiger partial charge in [-0.25, -0.2) is 0 Å². The molecule has 54 valence electrons. The number of hydrogen-bond acceptors (Lipinski definition) is 4. The van der Waals surface area contributed by atoms with Crippen molar-refractivity contribution >= 4 is 0 Å². The van der Waals surface area contributed by atoms with Gasteiger partial charge in [0, 0.05) is 13.1 Å². The minimum absolute atomic E-state index is 0.889. The van der Waals surface area contributed by atoms with Gasteiger partial charge < -0.3 is 10.1 Å². The van der Waals surface area contributed by atoms with Crippen molar-refractivity contribution in [3.8, 4) is 0 Å². The van der Waals surface area contributed by atoms with E-state index in [9.17, 15) is 0 Å². The molecule has 1 rings (SSSR count). The summed E-state index contributed by atoms with van der Waals surface area (Å²) >= 11 is 0. The van der Waals surface area contributed by atoms with Gasteiger partial charge in [0.15, 0.2) is 0 Å². The van der Waals surface area contributed by atoms with Crippen LogP contribution in [-0.2, 0) is 4.74 Å². The summed E-state index contributed by atoms with van der Waals surface area (Å²) in [4.78, 5) is 8.56. The van der Waals surface area contributed by atoms with Crippen LogP contribution >= 0.6 is 0 Å². The van der Waals surface area contributed by atoms with Gasteiger partial charge in [0.05, 0.1) is 20.3 Å². The molecule has 0 aromatic rings. The quantitative estimate of drug-likeness (QED) is 0.471. The summed E-state index contributed by atoms with van der Waals surface area (Å²) in [6.45, 7) is 3.83. The van der Waals surface area contributed by atoms with Gasteiger partial charge >= 0.3 is 0 Å². The summed E-state index contributed by atoms with van der Waals surface area (Å²) in [5.74, 6) is 0. The maximum absolute atomic E-state index is 8.56. The summed E-state index contributed by atoms with van der Waals surface area (Å²) in [6, 6.07) is 0. The van der Waals surface area contributed by atoms with E-state index in [-0.39, 0.29) is 0 Å². The maximum atomic E-state index is 8.56. The molecule has 1 saturated heterocycles. The zero-order chi connectivity index (χ0) is 6.95. The summed E-state index contributed by atoms with van der Waals surface area (Å²) < 4.78 is 5.01. The lowest BCUT2D eigenvalue weighted by molar-refractivity contribution is 0.109. The van der Waals surface area contributed by atoms with Crippen LogP contribution in [0.3, 0.4) is 0 Å². The normalized spacial score (nSPS) is 17.4. The number of nitrogens with one attached hydrogen (secondary N) is 1. The summed E-state index contributed by atoms with van der Waals surface area (Å²) in [5.41, 5.74) is 0. The largest absolute Gasteiger partial charge is 0.379 e. The van der Waals surface area contributed by atoms with Crippen LogP contribution in [-0.4, -0.2) is 33.4 Å². The first-order chi connectivity index (χ1) is 4.41. The molecule has 0 unspecified atom stereocenters. The minimum Gasteiger partial charge on any atom is -0.379 e. The van der Waals surface area contributed by atoms with Gasteiger partial charge in [-0.05, 0) is 0 Å². The second kappa shape index (κ2) is 7.52. The van der Waals surface area contributed by atoms with Crippen LogP contribution in [0.2, 0.25) is 0 Å². The lowest BCUT2D eigenvalue weighted by Gasteiger charge is -2.10. The molecule has 0 amide bonds. The molecule has 4 heteroatoms. The van der Waals surface area contributed by atoms with Crippen molar-refractivity contribution in [2.45, 2.75) is 0 Å². The Bertz CT molecular complexity index is 52.5. The first-order valence-electron chi connectivity index (χ1n) is 2.91. The fourth-order valence-corrected chi connectivity index (χ4v) is 0.516. The third kappa shape index (κ3) is 7.52. The van der Waals surface area contributed by atoms with E-state index >= 15 is 0 Å². The Morgan fingerprint density at radius 2 is 1.89 bits per heavy atom. The van der Waals surface area contributed by atoms with Gasteiger partial charge in [-0.1, -0.05) is 5.18 Å². The average Bonchev–Trinajstić information content (AvgIpc) is 1.93. The second-order valence-corrected chi connectivity index (χ2v) is 1.54. The summed E-state index contributed by atoms with van der Waals surface area (Å²) in [7, 11) is 1.19. The molecule has 1 heterocycles. The van der Waals surface area contributed by atoms with E-state index < -0.39 is 0 Å².